The van der Waals surface area contributed by atoms with Crippen molar-refractivity contribution < 1.29 is 23.9 Å². The number of hydrogen-bond acceptors (Lipinski definition) is 5. The van der Waals surface area contributed by atoms with E-state index < -0.39 is 11.9 Å². The molecule has 1 aromatic carbocycles. The van der Waals surface area contributed by atoms with Crippen LogP contribution in [0, 0.1) is 6.92 Å². The van der Waals surface area contributed by atoms with Gasteiger partial charge < -0.3 is 19.8 Å². The second kappa shape index (κ2) is 7.81. The number of anilines is 1. The van der Waals surface area contributed by atoms with Gasteiger partial charge in [0.2, 0.25) is 0 Å². The summed E-state index contributed by atoms with van der Waals surface area (Å²) in [5, 5.41) is 2.90. The molecule has 0 fully saturated rings. The smallest absolute Gasteiger partial charge is 0.340 e. The number of rotatable bonds is 4. The molecule has 9 heteroatoms. The number of aromatic nitrogens is 1. The van der Waals surface area contributed by atoms with Crippen molar-refractivity contribution in [3.63, 3.8) is 0 Å². The molecule has 7 nitrogen and oxygen atoms in total. The first-order chi connectivity index (χ1) is 13.3. The van der Waals surface area contributed by atoms with Gasteiger partial charge in [-0.1, -0.05) is 27.5 Å². The summed E-state index contributed by atoms with van der Waals surface area (Å²) < 4.78 is 10.4. The molecule has 0 aliphatic carbocycles. The number of halogens is 2. The molecule has 0 bridgehead atoms. The van der Waals surface area contributed by atoms with E-state index in [2.05, 4.69) is 31.0 Å². The molecule has 1 aliphatic rings. The Hall–Kier alpha value is -2.58. The molecular weight excluding hydrogens is 452 g/mol. The molecule has 0 radical (unpaired) electrons. The Bertz CT molecular complexity index is 1040. The molecule has 0 spiro atoms. The van der Waals surface area contributed by atoms with Gasteiger partial charge in [-0.05, 0) is 30.7 Å². The van der Waals surface area contributed by atoms with Crippen molar-refractivity contribution >= 4 is 62.7 Å². The zero-order chi connectivity index (χ0) is 20.6. The maximum absolute atomic E-state index is 12.5. The van der Waals surface area contributed by atoms with Crippen LogP contribution in [0.15, 0.2) is 16.6 Å². The van der Waals surface area contributed by atoms with E-state index in [1.54, 1.807) is 6.07 Å². The van der Waals surface area contributed by atoms with Crippen LogP contribution in [0.5, 0.6) is 0 Å². The Balaban J connectivity index is 2.20. The first kappa shape index (κ1) is 20.2. The number of nitrogens with one attached hydrogen (secondary N) is 2. The number of benzene rings is 1. The molecule has 3 rings (SSSR count). The molecule has 0 saturated carbocycles. The number of carbonyl (C=O) groups is 3. The fourth-order valence-electron chi connectivity index (χ4n) is 3.08. The van der Waals surface area contributed by atoms with Crippen LogP contribution in [0.4, 0.5) is 5.69 Å². The normalized spacial score (nSPS) is 14.0. The third-order valence-corrected chi connectivity index (χ3v) is 5.65. The van der Waals surface area contributed by atoms with Gasteiger partial charge in [0.25, 0.3) is 5.91 Å². The third kappa shape index (κ3) is 3.45. The summed E-state index contributed by atoms with van der Waals surface area (Å²) in [6.07, 6.45) is 1.31. The average molecular weight is 468 g/mol. The SMILES string of the molecule is COC(=O)Cc1c(Cl)[nH]c(C=C2C(=O)Nc3ccc(Br)c(C)c32)c1C(=O)OC. The van der Waals surface area contributed by atoms with E-state index in [-0.39, 0.29) is 34.3 Å². The van der Waals surface area contributed by atoms with Crippen LogP contribution in [0.1, 0.15) is 32.7 Å². The van der Waals surface area contributed by atoms with Gasteiger partial charge >= 0.3 is 11.9 Å². The second-order valence-corrected chi connectivity index (χ2v) is 7.29. The Kier molecular flexibility index (Phi) is 5.62. The Labute approximate surface area is 174 Å². The molecule has 0 unspecified atom stereocenters. The van der Waals surface area contributed by atoms with Crippen LogP contribution in [0.25, 0.3) is 11.6 Å². The van der Waals surface area contributed by atoms with Crippen LogP contribution < -0.4 is 5.32 Å². The Morgan fingerprint density at radius 1 is 1.25 bits per heavy atom. The highest BCUT2D eigenvalue weighted by atomic mass is 79.9. The molecular formula is C19H16BrClN2O5. The molecule has 2 aromatic rings. The predicted octanol–water partition coefficient (Wildman–Crippen LogP) is 3.73. The number of ether oxygens (including phenoxy) is 2. The third-order valence-electron chi connectivity index (χ3n) is 4.47. The highest BCUT2D eigenvalue weighted by Crippen LogP contribution is 2.39. The standard InChI is InChI=1S/C19H16BrClN2O5/c1-8-11(20)4-5-12-15(8)10(18(25)23-12)6-13-16(19(26)28-3)9(17(21)22-13)7-14(24)27-2/h4-6,22H,7H2,1-3H3,(H,23,25). The average Bonchev–Trinajstić information content (AvgIpc) is 3.15. The van der Waals surface area contributed by atoms with E-state index in [9.17, 15) is 14.4 Å². The predicted molar refractivity (Wildman–Crippen MR) is 108 cm³/mol. The summed E-state index contributed by atoms with van der Waals surface area (Å²) in [5.41, 5.74) is 3.22. The van der Waals surface area contributed by atoms with Crippen molar-refractivity contribution in [2.75, 3.05) is 19.5 Å². The highest BCUT2D eigenvalue weighted by Gasteiger charge is 2.30. The maximum Gasteiger partial charge on any atom is 0.340 e. The molecule has 0 atom stereocenters. The molecule has 28 heavy (non-hydrogen) atoms. The minimum absolute atomic E-state index is 0.0827. The number of methoxy groups -OCH3 is 2. The summed E-state index contributed by atoms with van der Waals surface area (Å²) >= 11 is 9.68. The molecule has 2 heterocycles. The van der Waals surface area contributed by atoms with Gasteiger partial charge in [0.15, 0.2) is 0 Å². The lowest BCUT2D eigenvalue weighted by atomic mass is 9.99. The number of aromatic amines is 1. The Morgan fingerprint density at radius 2 is 1.96 bits per heavy atom. The number of amides is 1. The lowest BCUT2D eigenvalue weighted by molar-refractivity contribution is -0.139. The van der Waals surface area contributed by atoms with Gasteiger partial charge in [0.1, 0.15) is 5.15 Å². The van der Waals surface area contributed by atoms with Crippen molar-refractivity contribution in [2.24, 2.45) is 0 Å². The van der Waals surface area contributed by atoms with Gasteiger partial charge in [0.05, 0.1) is 37.5 Å². The second-order valence-electron chi connectivity index (χ2n) is 6.06. The van der Waals surface area contributed by atoms with Crippen molar-refractivity contribution in [3.05, 3.63) is 49.7 Å². The molecule has 0 saturated heterocycles. The number of H-pyrrole nitrogens is 1. The maximum atomic E-state index is 12.5. The molecule has 1 aromatic heterocycles. The van der Waals surface area contributed by atoms with Crippen LogP contribution in [0.2, 0.25) is 5.15 Å². The summed E-state index contributed by atoms with van der Waals surface area (Å²) in [6, 6.07) is 3.63. The molecule has 1 amide bonds. The molecule has 2 N–H and O–H groups in total. The minimum atomic E-state index is -0.682. The first-order valence-corrected chi connectivity index (χ1v) is 9.33. The van der Waals surface area contributed by atoms with E-state index in [4.69, 9.17) is 16.3 Å². The number of hydrogen-bond donors (Lipinski definition) is 2. The first-order valence-electron chi connectivity index (χ1n) is 8.16. The van der Waals surface area contributed by atoms with Gasteiger partial charge in [0, 0.05) is 21.3 Å². The topological polar surface area (TPSA) is 97.5 Å². The van der Waals surface area contributed by atoms with Crippen LogP contribution in [-0.4, -0.2) is 37.0 Å². The summed E-state index contributed by atoms with van der Waals surface area (Å²) in [6.45, 7) is 1.88. The largest absolute Gasteiger partial charge is 0.469 e. The monoisotopic (exact) mass is 466 g/mol. The molecule has 146 valence electrons. The van der Waals surface area contributed by atoms with E-state index in [0.717, 1.165) is 15.6 Å². The highest BCUT2D eigenvalue weighted by molar-refractivity contribution is 9.10. The van der Waals surface area contributed by atoms with Crippen LogP contribution in [-0.2, 0) is 25.5 Å². The number of esters is 2. The van der Waals surface area contributed by atoms with Crippen molar-refractivity contribution in [3.8, 4) is 0 Å². The van der Waals surface area contributed by atoms with Gasteiger partial charge in [-0.25, -0.2) is 4.79 Å². The van der Waals surface area contributed by atoms with Crippen molar-refractivity contribution in [1.29, 1.82) is 0 Å². The lowest BCUT2D eigenvalue weighted by Gasteiger charge is -2.06. The van der Waals surface area contributed by atoms with Gasteiger partial charge in [-0.15, -0.1) is 0 Å². The minimum Gasteiger partial charge on any atom is -0.469 e. The number of carbonyl (C=O) groups excluding carboxylic acids is 3. The summed E-state index contributed by atoms with van der Waals surface area (Å²) in [4.78, 5) is 39.5. The zero-order valence-electron chi connectivity index (χ0n) is 15.2. The van der Waals surface area contributed by atoms with Crippen LogP contribution >= 0.6 is 27.5 Å². The lowest BCUT2D eigenvalue weighted by Crippen LogP contribution is -2.11. The fraction of sp³-hybridized carbons (Fsp3) is 0.211. The van der Waals surface area contributed by atoms with Crippen molar-refractivity contribution in [1.82, 2.24) is 4.98 Å². The van der Waals surface area contributed by atoms with Crippen molar-refractivity contribution in [2.45, 2.75) is 13.3 Å². The van der Waals surface area contributed by atoms with E-state index in [1.165, 1.54) is 20.3 Å². The summed E-state index contributed by atoms with van der Waals surface area (Å²) in [5.74, 6) is -1.56. The zero-order valence-corrected chi connectivity index (χ0v) is 17.6. The van der Waals surface area contributed by atoms with E-state index >= 15 is 0 Å². The molecule has 1 aliphatic heterocycles. The van der Waals surface area contributed by atoms with E-state index in [1.807, 2.05) is 13.0 Å². The summed E-state index contributed by atoms with van der Waals surface area (Å²) in [7, 11) is 2.46. The fourth-order valence-corrected chi connectivity index (χ4v) is 3.67. The van der Waals surface area contributed by atoms with E-state index in [0.29, 0.717) is 11.3 Å². The number of fused-ring (bicyclic) bond motifs is 1. The van der Waals surface area contributed by atoms with Gasteiger partial charge in [-0.3, -0.25) is 9.59 Å². The Morgan fingerprint density at radius 3 is 2.61 bits per heavy atom. The van der Waals surface area contributed by atoms with Crippen LogP contribution in [0.3, 0.4) is 0 Å². The van der Waals surface area contributed by atoms with Gasteiger partial charge in [-0.2, -0.15) is 0 Å². The quantitative estimate of drug-likeness (QED) is 0.527.